The minimum absolute atomic E-state index is 0.161. The molecule has 116 valence electrons. The maximum Gasteiger partial charge on any atom is 0.240 e. The predicted molar refractivity (Wildman–Crippen MR) is 74.2 cm³/mol. The smallest absolute Gasteiger partial charge is 0.240 e. The van der Waals surface area contributed by atoms with Gasteiger partial charge in [0.1, 0.15) is 17.7 Å². The van der Waals surface area contributed by atoms with Crippen LogP contribution in [0.5, 0.6) is 0 Å². The number of nitrogens with two attached hydrogens (primary N) is 1. The number of aliphatic hydroxyl groups is 1. The largest absolute Gasteiger partial charge is 0.396 e. The number of likely N-dealkylation sites (tertiary alicyclic amines) is 1. The number of rotatable bonds is 5. The van der Waals surface area contributed by atoms with Crippen molar-refractivity contribution in [3.05, 3.63) is 17.5 Å². The highest BCUT2D eigenvalue weighted by Gasteiger charge is 2.40. The van der Waals surface area contributed by atoms with Gasteiger partial charge in [0.2, 0.25) is 11.8 Å². The van der Waals surface area contributed by atoms with Gasteiger partial charge in [-0.25, -0.2) is 0 Å². The Morgan fingerprint density at radius 3 is 2.86 bits per heavy atom. The summed E-state index contributed by atoms with van der Waals surface area (Å²) in [4.78, 5) is 25.7. The standard InChI is InChI=1S/C14H21N3O4/c1-8(7-18)12(11-6-9(2)16-21-11)14(20)17-5-3-4-10(17)13(15)19/h6,8,10,12,18H,3-5,7H2,1-2H3,(H2,15,19)/t8?,10?,12-/m0/s1. The van der Waals surface area contributed by atoms with Crippen molar-refractivity contribution in [2.45, 2.75) is 38.6 Å². The summed E-state index contributed by atoms with van der Waals surface area (Å²) in [5, 5.41) is 13.2. The zero-order chi connectivity index (χ0) is 15.6. The highest BCUT2D eigenvalue weighted by atomic mass is 16.5. The molecule has 0 aromatic carbocycles. The van der Waals surface area contributed by atoms with Gasteiger partial charge in [0.05, 0.1) is 5.69 Å². The second kappa shape index (κ2) is 6.26. The van der Waals surface area contributed by atoms with Gasteiger partial charge in [-0.05, 0) is 25.7 Å². The molecule has 2 amide bonds. The average molecular weight is 295 g/mol. The van der Waals surface area contributed by atoms with E-state index in [4.69, 9.17) is 10.3 Å². The van der Waals surface area contributed by atoms with Crippen molar-refractivity contribution in [2.24, 2.45) is 11.7 Å². The molecule has 2 rings (SSSR count). The number of aliphatic hydroxyl groups excluding tert-OH is 1. The number of carbonyl (C=O) groups excluding carboxylic acids is 2. The molecular formula is C14H21N3O4. The highest BCUT2D eigenvalue weighted by molar-refractivity contribution is 5.90. The summed E-state index contributed by atoms with van der Waals surface area (Å²) in [5.41, 5.74) is 6.03. The summed E-state index contributed by atoms with van der Waals surface area (Å²) >= 11 is 0. The molecule has 1 aromatic heterocycles. The number of aryl methyl sites for hydroxylation is 1. The second-order valence-corrected chi connectivity index (χ2v) is 5.60. The molecule has 0 aliphatic carbocycles. The van der Waals surface area contributed by atoms with Gasteiger partial charge in [0.25, 0.3) is 0 Å². The van der Waals surface area contributed by atoms with Gasteiger partial charge in [0.15, 0.2) is 0 Å². The summed E-state index contributed by atoms with van der Waals surface area (Å²) in [6.07, 6.45) is 1.33. The van der Waals surface area contributed by atoms with E-state index in [1.165, 1.54) is 4.90 Å². The summed E-state index contributed by atoms with van der Waals surface area (Å²) in [6.45, 7) is 3.86. The van der Waals surface area contributed by atoms with Gasteiger partial charge in [-0.15, -0.1) is 0 Å². The van der Waals surface area contributed by atoms with Gasteiger partial charge >= 0.3 is 0 Å². The Hall–Kier alpha value is -1.89. The molecule has 1 saturated heterocycles. The average Bonchev–Trinajstić information content (AvgIpc) is 3.07. The Balaban J connectivity index is 2.28. The van der Waals surface area contributed by atoms with Crippen molar-refractivity contribution >= 4 is 11.8 Å². The summed E-state index contributed by atoms with van der Waals surface area (Å²) in [6, 6.07) is 1.11. The normalized spacial score (nSPS) is 21.3. The van der Waals surface area contributed by atoms with Crippen molar-refractivity contribution in [2.75, 3.05) is 13.2 Å². The molecule has 0 saturated carbocycles. The highest BCUT2D eigenvalue weighted by Crippen LogP contribution is 2.30. The second-order valence-electron chi connectivity index (χ2n) is 5.60. The lowest BCUT2D eigenvalue weighted by Gasteiger charge is -2.28. The topological polar surface area (TPSA) is 110 Å². The summed E-state index contributed by atoms with van der Waals surface area (Å²) < 4.78 is 5.20. The number of carbonyl (C=O) groups is 2. The first kappa shape index (κ1) is 15.5. The van der Waals surface area contributed by atoms with Gasteiger partial charge < -0.3 is 20.3 Å². The van der Waals surface area contributed by atoms with Crippen LogP contribution in [-0.4, -0.2) is 46.2 Å². The van der Waals surface area contributed by atoms with Gasteiger partial charge in [-0.1, -0.05) is 12.1 Å². The third kappa shape index (κ3) is 3.07. The van der Waals surface area contributed by atoms with E-state index < -0.39 is 17.9 Å². The van der Waals surface area contributed by atoms with Gasteiger partial charge in [0, 0.05) is 19.2 Å². The van der Waals surface area contributed by atoms with Crippen LogP contribution >= 0.6 is 0 Å². The number of hydrogen-bond donors (Lipinski definition) is 2. The molecule has 0 bridgehead atoms. The van der Waals surface area contributed by atoms with E-state index in [1.54, 1.807) is 19.9 Å². The van der Waals surface area contributed by atoms with Crippen LogP contribution in [-0.2, 0) is 9.59 Å². The predicted octanol–water partition coefficient (Wildman–Crippen LogP) is 0.171. The van der Waals surface area contributed by atoms with Crippen LogP contribution in [0.3, 0.4) is 0 Å². The molecule has 2 heterocycles. The van der Waals surface area contributed by atoms with E-state index in [0.717, 1.165) is 6.42 Å². The van der Waals surface area contributed by atoms with Crippen LogP contribution in [0.25, 0.3) is 0 Å². The molecule has 7 nitrogen and oxygen atoms in total. The van der Waals surface area contributed by atoms with Gasteiger partial charge in [-0.2, -0.15) is 0 Å². The van der Waals surface area contributed by atoms with E-state index in [9.17, 15) is 14.7 Å². The lowest BCUT2D eigenvalue weighted by molar-refractivity contribution is -0.140. The van der Waals surface area contributed by atoms with Crippen LogP contribution < -0.4 is 5.73 Å². The fourth-order valence-corrected chi connectivity index (χ4v) is 2.79. The van der Waals surface area contributed by atoms with Crippen LogP contribution in [0, 0.1) is 12.8 Å². The van der Waals surface area contributed by atoms with Crippen molar-refractivity contribution in [3.63, 3.8) is 0 Å². The lowest BCUT2D eigenvalue weighted by atomic mass is 9.90. The number of amides is 2. The van der Waals surface area contributed by atoms with Gasteiger partial charge in [-0.3, -0.25) is 9.59 Å². The summed E-state index contributed by atoms with van der Waals surface area (Å²) in [5.74, 6) is -1.32. The van der Waals surface area contributed by atoms with E-state index in [1.807, 2.05) is 0 Å². The first-order chi connectivity index (χ1) is 9.95. The molecule has 3 N–H and O–H groups in total. The number of aromatic nitrogens is 1. The van der Waals surface area contributed by atoms with E-state index in [-0.39, 0.29) is 18.4 Å². The molecule has 7 heteroatoms. The maximum atomic E-state index is 12.8. The van der Waals surface area contributed by atoms with E-state index in [2.05, 4.69) is 5.16 Å². The monoisotopic (exact) mass is 295 g/mol. The third-order valence-electron chi connectivity index (χ3n) is 3.94. The zero-order valence-electron chi connectivity index (χ0n) is 12.3. The van der Waals surface area contributed by atoms with Crippen LogP contribution in [0.2, 0.25) is 0 Å². The molecular weight excluding hydrogens is 274 g/mol. The fourth-order valence-electron chi connectivity index (χ4n) is 2.79. The van der Waals surface area contributed by atoms with Crippen molar-refractivity contribution < 1.29 is 19.2 Å². The first-order valence-corrected chi connectivity index (χ1v) is 7.09. The van der Waals surface area contributed by atoms with Crippen LogP contribution in [0.15, 0.2) is 10.6 Å². The minimum Gasteiger partial charge on any atom is -0.396 e. The zero-order valence-corrected chi connectivity index (χ0v) is 12.3. The maximum absolute atomic E-state index is 12.8. The van der Waals surface area contributed by atoms with Crippen molar-refractivity contribution in [1.29, 1.82) is 0 Å². The molecule has 1 aliphatic heterocycles. The quantitative estimate of drug-likeness (QED) is 0.804. The molecule has 0 spiro atoms. The molecule has 1 fully saturated rings. The Morgan fingerprint density at radius 1 is 1.62 bits per heavy atom. The van der Waals surface area contributed by atoms with E-state index >= 15 is 0 Å². The molecule has 0 radical (unpaired) electrons. The first-order valence-electron chi connectivity index (χ1n) is 7.09. The lowest BCUT2D eigenvalue weighted by Crippen LogP contribution is -2.46. The van der Waals surface area contributed by atoms with Crippen molar-refractivity contribution in [3.8, 4) is 0 Å². The summed E-state index contributed by atoms with van der Waals surface area (Å²) in [7, 11) is 0. The van der Waals surface area contributed by atoms with Crippen LogP contribution in [0.4, 0.5) is 0 Å². The Morgan fingerprint density at radius 2 is 2.33 bits per heavy atom. The molecule has 1 aliphatic rings. The van der Waals surface area contributed by atoms with E-state index in [0.29, 0.717) is 24.4 Å². The van der Waals surface area contributed by atoms with Crippen molar-refractivity contribution in [1.82, 2.24) is 10.1 Å². The fraction of sp³-hybridized carbons (Fsp3) is 0.643. The van der Waals surface area contributed by atoms with Crippen LogP contribution in [0.1, 0.15) is 37.1 Å². The molecule has 21 heavy (non-hydrogen) atoms. The Kier molecular flexibility index (Phi) is 4.62. The molecule has 1 aromatic rings. The Bertz CT molecular complexity index is 528. The number of primary amides is 1. The number of hydrogen-bond acceptors (Lipinski definition) is 5. The molecule has 3 atom stereocenters. The molecule has 2 unspecified atom stereocenters. The third-order valence-corrected chi connectivity index (χ3v) is 3.94. The number of nitrogens with zero attached hydrogens (tertiary/aromatic N) is 2. The SMILES string of the molecule is Cc1cc([C@@H](C(=O)N2CCCC2C(N)=O)C(C)CO)on1. The Labute approximate surface area is 123 Å². The minimum atomic E-state index is -0.656.